The van der Waals surface area contributed by atoms with Gasteiger partial charge in [-0.3, -0.25) is 9.36 Å². The normalized spacial score (nSPS) is 18.6. The molecule has 2 fully saturated rings. The highest BCUT2D eigenvalue weighted by Gasteiger charge is 2.26. The number of aromatic nitrogens is 5. The maximum atomic E-state index is 14.8. The highest BCUT2D eigenvalue weighted by atomic mass is 32.1. The van der Waals surface area contributed by atoms with E-state index in [1.54, 1.807) is 16.7 Å². The molecule has 3 N–H and O–H groups in total. The summed E-state index contributed by atoms with van der Waals surface area (Å²) in [5.74, 6) is -0.341. The van der Waals surface area contributed by atoms with Gasteiger partial charge in [0, 0.05) is 32.2 Å². The first-order valence-corrected chi connectivity index (χ1v) is 15.0. The lowest BCUT2D eigenvalue weighted by Gasteiger charge is -2.32. The van der Waals surface area contributed by atoms with Gasteiger partial charge in [0.25, 0.3) is 0 Å². The van der Waals surface area contributed by atoms with Crippen LogP contribution in [0.2, 0.25) is 0 Å². The molecule has 1 aromatic carbocycles. The summed E-state index contributed by atoms with van der Waals surface area (Å²) in [6.07, 6.45) is 2.74. The second-order valence-corrected chi connectivity index (χ2v) is 11.7. The Labute approximate surface area is 248 Å². The molecule has 7 rings (SSSR count). The number of hydrogen-bond donors (Lipinski definition) is 2. The van der Waals surface area contributed by atoms with Crippen molar-refractivity contribution in [2.24, 2.45) is 0 Å². The number of nitrogens with two attached hydrogens (primary N) is 1. The van der Waals surface area contributed by atoms with E-state index in [4.69, 9.17) is 19.6 Å². The number of halogens is 2. The van der Waals surface area contributed by atoms with Gasteiger partial charge in [-0.15, -0.1) is 5.10 Å². The maximum Gasteiger partial charge on any atom is 0.309 e. The lowest BCUT2D eigenvalue weighted by molar-refractivity contribution is -0.000590. The minimum atomic E-state index is -0.717. The molecule has 0 saturated carbocycles. The van der Waals surface area contributed by atoms with Crippen LogP contribution >= 0.6 is 11.3 Å². The molecule has 2 saturated heterocycles. The minimum Gasteiger partial charge on any atom is -0.488 e. The van der Waals surface area contributed by atoms with Gasteiger partial charge in [-0.1, -0.05) is 11.3 Å². The Bertz CT molecular complexity index is 1810. The van der Waals surface area contributed by atoms with Crippen molar-refractivity contribution in [3.05, 3.63) is 57.4 Å². The average molecular weight is 613 g/mol. The standard InChI is InChI=1S/C28H30F2N8O4S/c29-19-13-20(30)22(42-15-17-14-32-5-11-40-17)12-18(19)16-3-6-36(7-4-16)8-9-37-25-23(43-28(37)39)26-33-24(21-2-1-10-41-21)35-38(26)27(31)34-25/h1-2,10,12-13,16-17,32H,3-9,11,14-15H2,(H2,31,34). The number of rotatable bonds is 8. The molecule has 12 nitrogen and oxygen atoms in total. The molecule has 4 aromatic heterocycles. The van der Waals surface area contributed by atoms with Crippen LogP contribution in [0.4, 0.5) is 14.7 Å². The van der Waals surface area contributed by atoms with Crippen LogP contribution in [0.3, 0.4) is 0 Å². The number of nitrogens with zero attached hydrogens (tertiary/aromatic N) is 6. The zero-order valence-electron chi connectivity index (χ0n) is 23.2. The Morgan fingerprint density at radius 3 is 2.77 bits per heavy atom. The van der Waals surface area contributed by atoms with Gasteiger partial charge in [-0.05, 0) is 55.6 Å². The largest absolute Gasteiger partial charge is 0.488 e. The number of furan rings is 1. The van der Waals surface area contributed by atoms with Crippen molar-refractivity contribution in [1.29, 1.82) is 0 Å². The molecule has 226 valence electrons. The number of hydrogen-bond acceptors (Lipinski definition) is 11. The maximum absolute atomic E-state index is 14.8. The van der Waals surface area contributed by atoms with Crippen LogP contribution in [0.1, 0.15) is 24.3 Å². The van der Waals surface area contributed by atoms with Gasteiger partial charge in [0.1, 0.15) is 23.2 Å². The van der Waals surface area contributed by atoms with E-state index >= 15 is 0 Å². The van der Waals surface area contributed by atoms with Gasteiger partial charge in [0.2, 0.25) is 11.8 Å². The molecular formula is C28H30F2N8O4S. The van der Waals surface area contributed by atoms with Gasteiger partial charge < -0.3 is 29.8 Å². The van der Waals surface area contributed by atoms with Gasteiger partial charge in [0.05, 0.1) is 12.9 Å². The Morgan fingerprint density at radius 1 is 1.14 bits per heavy atom. The van der Waals surface area contributed by atoms with Crippen molar-refractivity contribution in [1.82, 2.24) is 34.4 Å². The molecule has 2 aliphatic heterocycles. The molecule has 0 spiro atoms. The number of piperidine rings is 1. The summed E-state index contributed by atoms with van der Waals surface area (Å²) >= 11 is 1.05. The SMILES string of the molecule is Nc1nc2c(sc(=O)n2CCN2CCC(c3cc(OCC4CNCCO4)c(F)cc3F)CC2)c2nc(-c3ccco3)nn12. The van der Waals surface area contributed by atoms with Gasteiger partial charge >= 0.3 is 4.87 Å². The lowest BCUT2D eigenvalue weighted by Crippen LogP contribution is -2.41. The predicted molar refractivity (Wildman–Crippen MR) is 155 cm³/mol. The molecule has 1 atom stereocenters. The van der Waals surface area contributed by atoms with Crippen molar-refractivity contribution < 1.29 is 22.7 Å². The highest BCUT2D eigenvalue weighted by Crippen LogP contribution is 2.34. The fraction of sp³-hybridized carbons (Fsp3) is 0.429. The molecular weight excluding hydrogens is 582 g/mol. The third-order valence-corrected chi connectivity index (χ3v) is 8.97. The number of nitrogen functional groups attached to an aromatic ring is 1. The van der Waals surface area contributed by atoms with Crippen LogP contribution in [-0.2, 0) is 11.3 Å². The summed E-state index contributed by atoms with van der Waals surface area (Å²) in [5.41, 5.74) is 7.56. The van der Waals surface area contributed by atoms with E-state index in [0.29, 0.717) is 85.3 Å². The van der Waals surface area contributed by atoms with Crippen LogP contribution in [0.5, 0.6) is 5.75 Å². The molecule has 15 heteroatoms. The fourth-order valence-corrected chi connectivity index (χ4v) is 6.66. The predicted octanol–water partition coefficient (Wildman–Crippen LogP) is 2.87. The third kappa shape index (κ3) is 5.48. The monoisotopic (exact) mass is 612 g/mol. The first kappa shape index (κ1) is 27.9. The number of anilines is 1. The number of fused-ring (bicyclic) bond motifs is 3. The second kappa shape index (κ2) is 11.6. The quantitative estimate of drug-likeness (QED) is 0.269. The summed E-state index contributed by atoms with van der Waals surface area (Å²) < 4.78 is 49.7. The van der Waals surface area contributed by atoms with Crippen LogP contribution < -0.4 is 20.7 Å². The van der Waals surface area contributed by atoms with E-state index in [-0.39, 0.29) is 35.2 Å². The van der Waals surface area contributed by atoms with Crippen molar-refractivity contribution in [3.63, 3.8) is 0 Å². The summed E-state index contributed by atoms with van der Waals surface area (Å²) in [6, 6.07) is 5.89. The third-order valence-electron chi connectivity index (χ3n) is 8.01. The zero-order chi connectivity index (χ0) is 29.5. The molecule has 2 aliphatic rings. The Balaban J connectivity index is 1.02. The topological polar surface area (TPSA) is 138 Å². The summed E-state index contributed by atoms with van der Waals surface area (Å²) in [6.45, 7) is 4.58. The molecule has 1 unspecified atom stereocenters. The lowest BCUT2D eigenvalue weighted by atomic mass is 9.89. The van der Waals surface area contributed by atoms with E-state index in [9.17, 15) is 13.6 Å². The Morgan fingerprint density at radius 2 is 2.00 bits per heavy atom. The molecule has 5 aromatic rings. The van der Waals surface area contributed by atoms with Crippen molar-refractivity contribution in [2.45, 2.75) is 31.4 Å². The molecule has 43 heavy (non-hydrogen) atoms. The summed E-state index contributed by atoms with van der Waals surface area (Å²) in [4.78, 5) is 24.1. The van der Waals surface area contributed by atoms with Gasteiger partial charge in [-0.25, -0.2) is 13.8 Å². The molecule has 6 heterocycles. The number of likely N-dealkylation sites (tertiary alicyclic amines) is 1. The van der Waals surface area contributed by atoms with Crippen molar-refractivity contribution >= 4 is 33.3 Å². The summed E-state index contributed by atoms with van der Waals surface area (Å²) in [5, 5.41) is 7.60. The van der Waals surface area contributed by atoms with Crippen molar-refractivity contribution in [2.75, 3.05) is 51.7 Å². The van der Waals surface area contributed by atoms with Crippen LogP contribution in [0.25, 0.3) is 27.6 Å². The van der Waals surface area contributed by atoms with E-state index in [1.807, 2.05) is 0 Å². The van der Waals surface area contributed by atoms with E-state index in [2.05, 4.69) is 25.3 Å². The number of morpholine rings is 1. The Kier molecular flexibility index (Phi) is 7.55. The van der Waals surface area contributed by atoms with Gasteiger partial charge in [-0.2, -0.15) is 9.50 Å². The average Bonchev–Trinajstić information content (AvgIpc) is 3.76. The fourth-order valence-electron chi connectivity index (χ4n) is 5.72. The first-order valence-electron chi connectivity index (χ1n) is 14.2. The Hall–Kier alpha value is -3.92. The first-order chi connectivity index (χ1) is 20.9. The second-order valence-electron chi connectivity index (χ2n) is 10.7. The van der Waals surface area contributed by atoms with Crippen LogP contribution in [0, 0.1) is 11.6 Å². The molecule has 0 bridgehead atoms. The molecule has 0 aliphatic carbocycles. The molecule has 0 amide bonds. The van der Waals surface area contributed by atoms with Crippen molar-refractivity contribution in [3.8, 4) is 17.3 Å². The number of thiazole rings is 1. The summed E-state index contributed by atoms with van der Waals surface area (Å²) in [7, 11) is 0. The number of nitrogens with one attached hydrogen (secondary N) is 1. The van der Waals surface area contributed by atoms with Crippen LogP contribution in [-0.4, -0.2) is 81.1 Å². The minimum absolute atomic E-state index is 0.0431. The van der Waals surface area contributed by atoms with E-state index < -0.39 is 11.6 Å². The smallest absolute Gasteiger partial charge is 0.309 e. The van der Waals surface area contributed by atoms with E-state index in [1.165, 1.54) is 16.8 Å². The number of ether oxygens (including phenoxy) is 2. The van der Waals surface area contributed by atoms with Crippen LogP contribution in [0.15, 0.2) is 39.7 Å². The van der Waals surface area contributed by atoms with E-state index in [0.717, 1.165) is 23.9 Å². The van der Waals surface area contributed by atoms with Gasteiger partial charge in [0.15, 0.2) is 28.6 Å². The highest BCUT2D eigenvalue weighted by molar-refractivity contribution is 7.17. The zero-order valence-corrected chi connectivity index (χ0v) is 24.0. The molecule has 0 radical (unpaired) electrons. The number of benzene rings is 1.